The van der Waals surface area contributed by atoms with Gasteiger partial charge < -0.3 is 5.32 Å². The molecule has 0 fully saturated rings. The lowest BCUT2D eigenvalue weighted by molar-refractivity contribution is 0.483. The van der Waals surface area contributed by atoms with Crippen molar-refractivity contribution in [1.82, 2.24) is 5.32 Å². The normalized spacial score (nSPS) is 11.9. The monoisotopic (exact) mass is 241 g/mol. The predicted octanol–water partition coefficient (Wildman–Crippen LogP) is 1.90. The minimum absolute atomic E-state index is 0.0915. The van der Waals surface area contributed by atoms with Gasteiger partial charge in [-0.25, -0.2) is 0 Å². The van der Waals surface area contributed by atoms with E-state index in [2.05, 4.69) is 12.2 Å². The van der Waals surface area contributed by atoms with Crippen LogP contribution in [-0.4, -0.2) is 19.5 Å². The number of benzene rings is 1. The Balaban J connectivity index is 2.69. The van der Waals surface area contributed by atoms with Crippen LogP contribution in [0.1, 0.15) is 18.9 Å². The quantitative estimate of drug-likeness (QED) is 0.610. The average Bonchev–Trinajstić information content (AvgIpc) is 2.24. The van der Waals surface area contributed by atoms with Gasteiger partial charge in [0.2, 0.25) is 0 Å². The van der Waals surface area contributed by atoms with Crippen LogP contribution in [0.5, 0.6) is 0 Å². The average molecular weight is 241 g/mol. The Morgan fingerprint density at radius 1 is 1.31 bits per heavy atom. The summed E-state index contributed by atoms with van der Waals surface area (Å²) in [5.74, 6) is 0. The molecule has 0 spiro atoms. The zero-order chi connectivity index (χ0) is 12.0. The van der Waals surface area contributed by atoms with Gasteiger partial charge in [0.15, 0.2) is 0 Å². The first-order chi connectivity index (χ1) is 7.54. The number of nitrogens with one attached hydrogen (secondary N) is 1. The fraction of sp³-hybridized carbons (Fsp3) is 0.273. The molecule has 88 valence electrons. The molecule has 1 rings (SSSR count). The Morgan fingerprint density at radius 3 is 2.44 bits per heavy atom. The molecule has 0 atom stereocenters. The van der Waals surface area contributed by atoms with Crippen molar-refractivity contribution >= 4 is 16.2 Å². The second-order valence-corrected chi connectivity index (χ2v) is 4.75. The summed E-state index contributed by atoms with van der Waals surface area (Å²) in [7, 11) is -4.09. The Hall–Kier alpha value is -1.33. The molecular weight excluding hydrogens is 226 g/mol. The highest BCUT2D eigenvalue weighted by Crippen LogP contribution is 2.10. The maximum Gasteiger partial charge on any atom is 0.294 e. The van der Waals surface area contributed by atoms with Crippen LogP contribution in [0.4, 0.5) is 0 Å². The highest BCUT2D eigenvalue weighted by Gasteiger charge is 2.07. The smallest absolute Gasteiger partial charge is 0.294 e. The fourth-order valence-corrected chi connectivity index (χ4v) is 1.61. The minimum atomic E-state index is -4.09. The molecule has 2 N–H and O–H groups in total. The molecule has 1 aromatic rings. The van der Waals surface area contributed by atoms with Crippen LogP contribution in [0.3, 0.4) is 0 Å². The van der Waals surface area contributed by atoms with Crippen LogP contribution in [0, 0.1) is 0 Å². The molecule has 0 saturated heterocycles. The second kappa shape index (κ2) is 5.67. The fourth-order valence-electron chi connectivity index (χ4n) is 1.13. The largest absolute Gasteiger partial charge is 0.391 e. The van der Waals surface area contributed by atoms with Crippen LogP contribution in [-0.2, 0) is 10.1 Å². The van der Waals surface area contributed by atoms with Gasteiger partial charge in [0.25, 0.3) is 10.1 Å². The third-order valence-corrected chi connectivity index (χ3v) is 2.83. The van der Waals surface area contributed by atoms with Crippen LogP contribution in [0.2, 0.25) is 0 Å². The number of hydrogen-bond acceptors (Lipinski definition) is 3. The lowest BCUT2D eigenvalue weighted by Crippen LogP contribution is -2.04. The van der Waals surface area contributed by atoms with Gasteiger partial charge in [-0.15, -0.1) is 0 Å². The minimum Gasteiger partial charge on any atom is -0.391 e. The highest BCUT2D eigenvalue weighted by atomic mass is 32.2. The maximum atomic E-state index is 10.8. The zero-order valence-corrected chi connectivity index (χ0v) is 9.87. The molecule has 0 aliphatic heterocycles. The summed E-state index contributed by atoms with van der Waals surface area (Å²) < 4.78 is 30.3. The second-order valence-electron chi connectivity index (χ2n) is 3.33. The molecule has 0 amide bonds. The number of hydrogen-bond donors (Lipinski definition) is 2. The zero-order valence-electron chi connectivity index (χ0n) is 9.05. The van der Waals surface area contributed by atoms with Crippen molar-refractivity contribution in [1.29, 1.82) is 0 Å². The van der Waals surface area contributed by atoms with Crippen molar-refractivity contribution in [3.63, 3.8) is 0 Å². The van der Waals surface area contributed by atoms with E-state index in [1.165, 1.54) is 12.1 Å². The summed E-state index contributed by atoms with van der Waals surface area (Å²) in [6, 6.07) is 6.00. The van der Waals surface area contributed by atoms with Crippen LogP contribution < -0.4 is 5.32 Å². The van der Waals surface area contributed by atoms with E-state index in [1.54, 1.807) is 12.1 Å². The molecule has 0 radical (unpaired) electrons. The van der Waals surface area contributed by atoms with Crippen molar-refractivity contribution < 1.29 is 13.0 Å². The van der Waals surface area contributed by atoms with Crippen LogP contribution in [0.15, 0.2) is 35.4 Å². The SMILES string of the molecule is CCCNC=Cc1ccc(S(=O)(=O)O)cc1. The molecule has 0 bridgehead atoms. The lowest BCUT2D eigenvalue weighted by Gasteiger charge is -1.98. The molecule has 1 aromatic carbocycles. The van der Waals surface area contributed by atoms with E-state index >= 15 is 0 Å². The summed E-state index contributed by atoms with van der Waals surface area (Å²) in [5.41, 5.74) is 0.871. The van der Waals surface area contributed by atoms with Gasteiger partial charge >= 0.3 is 0 Å². The van der Waals surface area contributed by atoms with Gasteiger partial charge in [0.05, 0.1) is 4.90 Å². The first kappa shape index (κ1) is 12.7. The van der Waals surface area contributed by atoms with E-state index < -0.39 is 10.1 Å². The molecule has 16 heavy (non-hydrogen) atoms. The molecule has 5 heteroatoms. The van der Waals surface area contributed by atoms with Gasteiger partial charge in [-0.1, -0.05) is 19.1 Å². The maximum absolute atomic E-state index is 10.8. The summed E-state index contributed by atoms with van der Waals surface area (Å²) >= 11 is 0. The van der Waals surface area contributed by atoms with Crippen LogP contribution >= 0.6 is 0 Å². The molecule has 0 heterocycles. The molecule has 4 nitrogen and oxygen atoms in total. The Kier molecular flexibility index (Phi) is 4.52. The van der Waals surface area contributed by atoms with E-state index in [-0.39, 0.29) is 4.90 Å². The Labute approximate surface area is 95.7 Å². The molecule has 0 aliphatic rings. The molecule has 0 unspecified atom stereocenters. The Bertz CT molecular complexity index is 449. The standard InChI is InChI=1S/C11H15NO3S/c1-2-8-12-9-7-10-3-5-11(6-4-10)16(13,14)15/h3-7,9,12H,2,8H2,1H3,(H,13,14,15). The van der Waals surface area contributed by atoms with Crippen molar-refractivity contribution in [2.24, 2.45) is 0 Å². The Morgan fingerprint density at radius 2 is 1.94 bits per heavy atom. The lowest BCUT2D eigenvalue weighted by atomic mass is 10.2. The van der Waals surface area contributed by atoms with Gasteiger partial charge in [-0.05, 0) is 36.4 Å². The van der Waals surface area contributed by atoms with Crippen LogP contribution in [0.25, 0.3) is 6.08 Å². The number of rotatable bonds is 5. The third-order valence-electron chi connectivity index (χ3n) is 1.97. The predicted molar refractivity (Wildman–Crippen MR) is 63.6 cm³/mol. The molecule has 0 aromatic heterocycles. The summed E-state index contributed by atoms with van der Waals surface area (Å²) in [4.78, 5) is -0.0915. The topological polar surface area (TPSA) is 66.4 Å². The molecular formula is C11H15NO3S. The van der Waals surface area contributed by atoms with Gasteiger partial charge in [0, 0.05) is 6.54 Å². The molecule has 0 aliphatic carbocycles. The van der Waals surface area contributed by atoms with Gasteiger partial charge in [0.1, 0.15) is 0 Å². The first-order valence-electron chi connectivity index (χ1n) is 5.01. The van der Waals surface area contributed by atoms with Gasteiger partial charge in [-0.3, -0.25) is 4.55 Å². The van der Waals surface area contributed by atoms with Crippen molar-refractivity contribution in [3.05, 3.63) is 36.0 Å². The summed E-state index contributed by atoms with van der Waals surface area (Å²) in [6.45, 7) is 2.97. The molecule has 0 saturated carbocycles. The van der Waals surface area contributed by atoms with Crippen molar-refractivity contribution in [2.45, 2.75) is 18.2 Å². The van der Waals surface area contributed by atoms with E-state index in [0.29, 0.717) is 0 Å². The summed E-state index contributed by atoms with van der Waals surface area (Å²) in [6.07, 6.45) is 4.70. The third kappa shape index (κ3) is 4.04. The highest BCUT2D eigenvalue weighted by molar-refractivity contribution is 7.85. The van der Waals surface area contributed by atoms with E-state index in [1.807, 2.05) is 12.3 Å². The van der Waals surface area contributed by atoms with Crippen molar-refractivity contribution in [3.8, 4) is 0 Å². The summed E-state index contributed by atoms with van der Waals surface area (Å²) in [5, 5.41) is 3.08. The van der Waals surface area contributed by atoms with E-state index in [0.717, 1.165) is 18.5 Å². The van der Waals surface area contributed by atoms with E-state index in [9.17, 15) is 8.42 Å². The van der Waals surface area contributed by atoms with Crippen molar-refractivity contribution in [2.75, 3.05) is 6.54 Å². The first-order valence-corrected chi connectivity index (χ1v) is 6.45. The van der Waals surface area contributed by atoms with Gasteiger partial charge in [-0.2, -0.15) is 8.42 Å². The van der Waals surface area contributed by atoms with E-state index in [4.69, 9.17) is 4.55 Å².